The van der Waals surface area contributed by atoms with E-state index in [1.807, 2.05) is 0 Å². The Hall–Kier alpha value is -1.89. The molecule has 1 unspecified atom stereocenters. The standard InChI is InChI=1S/C20H24N2O3S/c1-25-19-7-4-8-20(13-19)26(23,24)22-12-10-18(15-22)21-11-9-16-5-2-3-6-17(16)14-21/h2-8,13,18H,9-12,14-15H2,1H3. The lowest BCUT2D eigenvalue weighted by Gasteiger charge is -2.33. The monoisotopic (exact) mass is 372 g/mol. The largest absolute Gasteiger partial charge is 0.497 e. The molecule has 2 heterocycles. The second kappa shape index (κ2) is 7.02. The summed E-state index contributed by atoms with van der Waals surface area (Å²) in [5, 5.41) is 0. The lowest BCUT2D eigenvalue weighted by molar-refractivity contribution is 0.185. The first-order chi connectivity index (χ1) is 12.6. The predicted molar refractivity (Wildman–Crippen MR) is 101 cm³/mol. The molecule has 138 valence electrons. The normalized spacial score (nSPS) is 21.5. The van der Waals surface area contributed by atoms with Crippen molar-refractivity contribution in [2.24, 2.45) is 0 Å². The van der Waals surface area contributed by atoms with Crippen LogP contribution in [-0.2, 0) is 23.0 Å². The third-order valence-corrected chi connectivity index (χ3v) is 7.34. The second-order valence-electron chi connectivity index (χ2n) is 6.97. The van der Waals surface area contributed by atoms with E-state index in [2.05, 4.69) is 29.2 Å². The summed E-state index contributed by atoms with van der Waals surface area (Å²) < 4.78 is 32.8. The third-order valence-electron chi connectivity index (χ3n) is 5.48. The average molecular weight is 372 g/mol. The van der Waals surface area contributed by atoms with Gasteiger partial charge in [0, 0.05) is 38.3 Å². The number of sulfonamides is 1. The van der Waals surface area contributed by atoms with E-state index in [1.165, 1.54) is 11.1 Å². The molecule has 5 nitrogen and oxygen atoms in total. The summed E-state index contributed by atoms with van der Waals surface area (Å²) in [6.07, 6.45) is 1.92. The molecule has 2 aromatic rings. The number of hydrogen-bond donors (Lipinski definition) is 0. The molecular weight excluding hydrogens is 348 g/mol. The highest BCUT2D eigenvalue weighted by molar-refractivity contribution is 7.89. The van der Waals surface area contributed by atoms with Gasteiger partial charge in [-0.15, -0.1) is 0 Å². The van der Waals surface area contributed by atoms with Gasteiger partial charge in [-0.25, -0.2) is 8.42 Å². The van der Waals surface area contributed by atoms with E-state index in [9.17, 15) is 8.42 Å². The van der Waals surface area contributed by atoms with Crippen LogP contribution in [0.3, 0.4) is 0 Å². The van der Waals surface area contributed by atoms with E-state index >= 15 is 0 Å². The average Bonchev–Trinajstić information content (AvgIpc) is 3.19. The summed E-state index contributed by atoms with van der Waals surface area (Å²) >= 11 is 0. The van der Waals surface area contributed by atoms with E-state index in [4.69, 9.17) is 4.74 Å². The summed E-state index contributed by atoms with van der Waals surface area (Å²) in [4.78, 5) is 2.74. The van der Waals surface area contributed by atoms with Crippen LogP contribution in [0.4, 0.5) is 0 Å². The molecule has 2 aliphatic rings. The highest BCUT2D eigenvalue weighted by Gasteiger charge is 2.36. The summed E-state index contributed by atoms with van der Waals surface area (Å²) in [6, 6.07) is 15.6. The van der Waals surface area contributed by atoms with Crippen molar-refractivity contribution in [1.82, 2.24) is 9.21 Å². The molecule has 6 heteroatoms. The molecule has 0 bridgehead atoms. The minimum absolute atomic E-state index is 0.281. The van der Waals surface area contributed by atoms with Crippen molar-refractivity contribution < 1.29 is 13.2 Å². The molecule has 0 N–H and O–H groups in total. The van der Waals surface area contributed by atoms with Crippen LogP contribution in [0.15, 0.2) is 53.4 Å². The lowest BCUT2D eigenvalue weighted by Crippen LogP contribution is -2.41. The fraction of sp³-hybridized carbons (Fsp3) is 0.400. The zero-order valence-electron chi connectivity index (χ0n) is 15.0. The van der Waals surface area contributed by atoms with Crippen molar-refractivity contribution in [3.05, 3.63) is 59.7 Å². The van der Waals surface area contributed by atoms with Gasteiger partial charge >= 0.3 is 0 Å². The van der Waals surface area contributed by atoms with Gasteiger partial charge in [-0.2, -0.15) is 4.31 Å². The van der Waals surface area contributed by atoms with Gasteiger partial charge in [0.1, 0.15) is 5.75 Å². The van der Waals surface area contributed by atoms with Crippen molar-refractivity contribution in [1.29, 1.82) is 0 Å². The van der Waals surface area contributed by atoms with Gasteiger partial charge in [-0.3, -0.25) is 4.90 Å². The van der Waals surface area contributed by atoms with Gasteiger partial charge in [-0.05, 0) is 36.1 Å². The molecule has 2 aromatic carbocycles. The van der Waals surface area contributed by atoms with E-state index in [-0.39, 0.29) is 6.04 Å². The SMILES string of the molecule is COc1cccc(S(=O)(=O)N2CCC(N3CCc4ccccc4C3)C2)c1. The molecule has 0 spiro atoms. The van der Waals surface area contributed by atoms with Gasteiger partial charge in [0.15, 0.2) is 0 Å². The Kier molecular flexibility index (Phi) is 4.73. The van der Waals surface area contributed by atoms with Crippen molar-refractivity contribution >= 4 is 10.0 Å². The van der Waals surface area contributed by atoms with Crippen LogP contribution in [0.25, 0.3) is 0 Å². The third kappa shape index (κ3) is 3.24. The summed E-state index contributed by atoms with van der Waals surface area (Å²) in [5.41, 5.74) is 2.79. The molecule has 0 aliphatic carbocycles. The Morgan fingerprint density at radius 3 is 2.65 bits per heavy atom. The molecule has 0 aromatic heterocycles. The lowest BCUT2D eigenvalue weighted by atomic mass is 9.98. The topological polar surface area (TPSA) is 49.9 Å². The summed E-state index contributed by atoms with van der Waals surface area (Å²) in [7, 11) is -1.93. The van der Waals surface area contributed by atoms with E-state index in [0.717, 1.165) is 25.9 Å². The number of fused-ring (bicyclic) bond motifs is 1. The Morgan fingerprint density at radius 2 is 1.85 bits per heavy atom. The van der Waals surface area contributed by atoms with Crippen molar-refractivity contribution in [3.63, 3.8) is 0 Å². The molecular formula is C20H24N2O3S. The molecule has 1 fully saturated rings. The van der Waals surface area contributed by atoms with E-state index in [1.54, 1.807) is 35.7 Å². The summed E-state index contributed by atoms with van der Waals surface area (Å²) in [6.45, 7) is 3.03. The summed E-state index contributed by atoms with van der Waals surface area (Å²) in [5.74, 6) is 0.564. The molecule has 0 amide bonds. The predicted octanol–water partition coefficient (Wildman–Crippen LogP) is 2.52. The molecule has 1 saturated heterocycles. The maximum absolute atomic E-state index is 13.0. The quantitative estimate of drug-likeness (QED) is 0.828. The fourth-order valence-corrected chi connectivity index (χ4v) is 5.49. The smallest absolute Gasteiger partial charge is 0.243 e. The molecule has 1 atom stereocenters. The minimum atomic E-state index is -3.48. The number of hydrogen-bond acceptors (Lipinski definition) is 4. The van der Waals surface area contributed by atoms with Gasteiger partial charge in [0.25, 0.3) is 0 Å². The van der Waals surface area contributed by atoms with Crippen molar-refractivity contribution in [2.45, 2.75) is 30.3 Å². The number of benzene rings is 2. The zero-order valence-corrected chi connectivity index (χ0v) is 15.8. The van der Waals surface area contributed by atoms with Crippen LogP contribution in [0.5, 0.6) is 5.75 Å². The van der Waals surface area contributed by atoms with Gasteiger partial charge in [-0.1, -0.05) is 30.3 Å². The maximum atomic E-state index is 13.0. The Bertz CT molecular complexity index is 897. The maximum Gasteiger partial charge on any atom is 0.243 e. The Balaban J connectivity index is 1.48. The second-order valence-corrected chi connectivity index (χ2v) is 8.91. The van der Waals surface area contributed by atoms with Crippen molar-refractivity contribution in [3.8, 4) is 5.75 Å². The van der Waals surface area contributed by atoms with E-state index < -0.39 is 10.0 Å². The number of nitrogens with zero attached hydrogens (tertiary/aromatic N) is 2. The highest BCUT2D eigenvalue weighted by atomic mass is 32.2. The number of methoxy groups -OCH3 is 1. The molecule has 0 saturated carbocycles. The fourth-order valence-electron chi connectivity index (χ4n) is 3.97. The minimum Gasteiger partial charge on any atom is -0.497 e. The number of ether oxygens (including phenoxy) is 1. The first-order valence-corrected chi connectivity index (χ1v) is 10.5. The van der Waals surface area contributed by atoms with E-state index in [0.29, 0.717) is 23.7 Å². The molecule has 0 radical (unpaired) electrons. The molecule has 26 heavy (non-hydrogen) atoms. The van der Waals surface area contributed by atoms with Gasteiger partial charge < -0.3 is 4.74 Å². The van der Waals surface area contributed by atoms with Gasteiger partial charge in [0.2, 0.25) is 10.0 Å². The Labute approximate surface area is 155 Å². The zero-order chi connectivity index (χ0) is 18.1. The molecule has 2 aliphatic heterocycles. The van der Waals surface area contributed by atoms with Gasteiger partial charge in [0.05, 0.1) is 12.0 Å². The van der Waals surface area contributed by atoms with Crippen LogP contribution >= 0.6 is 0 Å². The van der Waals surface area contributed by atoms with Crippen molar-refractivity contribution in [2.75, 3.05) is 26.7 Å². The van der Waals surface area contributed by atoms with Crippen LogP contribution < -0.4 is 4.74 Å². The first-order valence-electron chi connectivity index (χ1n) is 9.03. The van der Waals surface area contributed by atoms with Crippen LogP contribution in [0.2, 0.25) is 0 Å². The highest BCUT2D eigenvalue weighted by Crippen LogP contribution is 2.28. The van der Waals surface area contributed by atoms with Crippen LogP contribution in [-0.4, -0.2) is 50.4 Å². The Morgan fingerprint density at radius 1 is 1.04 bits per heavy atom. The first kappa shape index (κ1) is 17.5. The van der Waals surface area contributed by atoms with Crippen LogP contribution in [0.1, 0.15) is 17.5 Å². The molecule has 4 rings (SSSR count). The number of rotatable bonds is 4. The van der Waals surface area contributed by atoms with Crippen LogP contribution in [0, 0.1) is 0 Å².